The molecular formula is C27H34O3. The number of hydrogen-bond donors (Lipinski definition) is 0. The molecule has 0 radical (unpaired) electrons. The Hall–Kier alpha value is -2.29. The van der Waals surface area contributed by atoms with Crippen LogP contribution in [0.15, 0.2) is 54.6 Å². The number of carbonyl (C=O) groups excluding carboxylic acids is 1. The van der Waals surface area contributed by atoms with E-state index >= 15 is 0 Å². The second-order valence-electron chi connectivity index (χ2n) is 9.13. The molecule has 0 bridgehead atoms. The van der Waals surface area contributed by atoms with E-state index in [0.29, 0.717) is 12.2 Å². The Morgan fingerprint density at radius 1 is 0.900 bits per heavy atom. The standard InChI is InChI=1S/C27H34O3/c1-2-6-20-9-10-24-18-26(16-13-23(24)17-20)30-27(28)22-11-14-25(15-12-22)29-19-21-7-4-3-5-8-21/h3-5,7-8,11-12,14-15,20,23-24,26H,2,6,9-10,13,16-19H2,1H3. The van der Waals surface area contributed by atoms with E-state index < -0.39 is 0 Å². The van der Waals surface area contributed by atoms with Crippen LogP contribution >= 0.6 is 0 Å². The fourth-order valence-electron chi connectivity index (χ4n) is 5.37. The first-order valence-electron chi connectivity index (χ1n) is 11.7. The Labute approximate surface area is 180 Å². The van der Waals surface area contributed by atoms with Crippen molar-refractivity contribution in [3.63, 3.8) is 0 Å². The molecule has 2 saturated carbocycles. The summed E-state index contributed by atoms with van der Waals surface area (Å²) in [6, 6.07) is 17.4. The van der Waals surface area contributed by atoms with E-state index in [1.807, 2.05) is 54.6 Å². The van der Waals surface area contributed by atoms with Crippen LogP contribution in [0.5, 0.6) is 5.75 Å². The minimum absolute atomic E-state index is 0.0792. The van der Waals surface area contributed by atoms with E-state index in [0.717, 1.165) is 41.9 Å². The summed E-state index contributed by atoms with van der Waals surface area (Å²) in [6.07, 6.45) is 10.1. The molecule has 2 aromatic carbocycles. The average molecular weight is 407 g/mol. The van der Waals surface area contributed by atoms with E-state index in [1.165, 1.54) is 38.5 Å². The lowest BCUT2D eigenvalue weighted by Crippen LogP contribution is -2.35. The van der Waals surface area contributed by atoms with E-state index in [4.69, 9.17) is 9.47 Å². The molecule has 2 aliphatic rings. The summed E-state index contributed by atoms with van der Waals surface area (Å²) in [4.78, 5) is 12.6. The first kappa shape index (κ1) is 21.0. The van der Waals surface area contributed by atoms with Gasteiger partial charge in [-0.1, -0.05) is 56.5 Å². The summed E-state index contributed by atoms with van der Waals surface area (Å²) in [6.45, 7) is 2.82. The van der Waals surface area contributed by atoms with Gasteiger partial charge >= 0.3 is 5.97 Å². The Morgan fingerprint density at radius 2 is 1.63 bits per heavy atom. The van der Waals surface area contributed by atoms with E-state index in [-0.39, 0.29) is 12.1 Å². The lowest BCUT2D eigenvalue weighted by molar-refractivity contribution is -0.00620. The third-order valence-electron chi connectivity index (χ3n) is 6.98. The topological polar surface area (TPSA) is 35.5 Å². The van der Waals surface area contributed by atoms with Crippen LogP contribution < -0.4 is 4.74 Å². The van der Waals surface area contributed by atoms with Crippen LogP contribution in [-0.2, 0) is 11.3 Å². The molecule has 4 unspecified atom stereocenters. The molecule has 4 rings (SSSR count). The van der Waals surface area contributed by atoms with E-state index in [2.05, 4.69) is 6.92 Å². The van der Waals surface area contributed by atoms with E-state index in [1.54, 1.807) is 0 Å². The van der Waals surface area contributed by atoms with Crippen molar-refractivity contribution in [1.82, 2.24) is 0 Å². The molecule has 3 heteroatoms. The minimum atomic E-state index is -0.201. The molecule has 0 aliphatic heterocycles. The number of ether oxygens (including phenoxy) is 2. The van der Waals surface area contributed by atoms with Gasteiger partial charge in [-0.25, -0.2) is 4.79 Å². The number of benzene rings is 2. The van der Waals surface area contributed by atoms with Crippen molar-refractivity contribution in [3.05, 3.63) is 65.7 Å². The third kappa shape index (κ3) is 5.44. The van der Waals surface area contributed by atoms with Gasteiger partial charge in [0.15, 0.2) is 0 Å². The van der Waals surface area contributed by atoms with Gasteiger partial charge in [0.25, 0.3) is 0 Å². The first-order valence-corrected chi connectivity index (χ1v) is 11.7. The van der Waals surface area contributed by atoms with Crippen LogP contribution in [0.25, 0.3) is 0 Å². The Bertz CT molecular complexity index is 799. The van der Waals surface area contributed by atoms with Gasteiger partial charge in [0.05, 0.1) is 5.56 Å². The van der Waals surface area contributed by atoms with Crippen molar-refractivity contribution in [2.45, 2.75) is 71.0 Å². The molecule has 0 aromatic heterocycles. The lowest BCUT2D eigenvalue weighted by Gasteiger charge is -2.41. The third-order valence-corrected chi connectivity index (χ3v) is 6.98. The molecule has 30 heavy (non-hydrogen) atoms. The first-order chi connectivity index (χ1) is 14.7. The van der Waals surface area contributed by atoms with Crippen molar-refractivity contribution in [2.75, 3.05) is 0 Å². The summed E-state index contributed by atoms with van der Waals surface area (Å²) in [5.41, 5.74) is 1.73. The van der Waals surface area contributed by atoms with Crippen molar-refractivity contribution < 1.29 is 14.3 Å². The Balaban J connectivity index is 1.25. The summed E-state index contributed by atoms with van der Waals surface area (Å²) >= 11 is 0. The maximum atomic E-state index is 12.6. The summed E-state index contributed by atoms with van der Waals surface area (Å²) in [5.74, 6) is 3.09. The molecule has 4 atom stereocenters. The smallest absolute Gasteiger partial charge is 0.338 e. The average Bonchev–Trinajstić information content (AvgIpc) is 2.79. The molecular weight excluding hydrogens is 372 g/mol. The van der Waals surface area contributed by atoms with Gasteiger partial charge < -0.3 is 9.47 Å². The Morgan fingerprint density at radius 3 is 2.40 bits per heavy atom. The molecule has 2 aromatic rings. The zero-order valence-electron chi connectivity index (χ0n) is 18.1. The quantitative estimate of drug-likeness (QED) is 0.474. The van der Waals surface area contributed by atoms with Crippen LogP contribution in [0, 0.1) is 17.8 Å². The fraction of sp³-hybridized carbons (Fsp3) is 0.519. The lowest BCUT2D eigenvalue weighted by atomic mass is 9.66. The molecule has 3 nitrogen and oxygen atoms in total. The summed E-state index contributed by atoms with van der Waals surface area (Å²) in [7, 11) is 0. The normalized spacial score (nSPS) is 25.9. The van der Waals surface area contributed by atoms with Crippen LogP contribution in [0.1, 0.15) is 74.2 Å². The predicted molar refractivity (Wildman–Crippen MR) is 119 cm³/mol. The highest BCUT2D eigenvalue weighted by Gasteiger charge is 2.36. The Kier molecular flexibility index (Phi) is 7.09. The summed E-state index contributed by atoms with van der Waals surface area (Å²) < 4.78 is 11.7. The van der Waals surface area contributed by atoms with Crippen LogP contribution in [0.4, 0.5) is 0 Å². The van der Waals surface area contributed by atoms with Crippen LogP contribution in [0.2, 0.25) is 0 Å². The second-order valence-corrected chi connectivity index (χ2v) is 9.13. The highest BCUT2D eigenvalue weighted by atomic mass is 16.5. The maximum Gasteiger partial charge on any atom is 0.338 e. The molecule has 0 spiro atoms. The number of carbonyl (C=O) groups is 1. The van der Waals surface area contributed by atoms with Gasteiger partial charge in [0.2, 0.25) is 0 Å². The molecule has 0 heterocycles. The highest BCUT2D eigenvalue weighted by molar-refractivity contribution is 5.89. The van der Waals surface area contributed by atoms with Crippen molar-refractivity contribution in [2.24, 2.45) is 17.8 Å². The van der Waals surface area contributed by atoms with Crippen LogP contribution in [0.3, 0.4) is 0 Å². The van der Waals surface area contributed by atoms with Crippen LogP contribution in [-0.4, -0.2) is 12.1 Å². The van der Waals surface area contributed by atoms with Gasteiger partial charge in [-0.05, 0) is 79.7 Å². The predicted octanol–water partition coefficient (Wildman–Crippen LogP) is 6.81. The second kappa shape index (κ2) is 10.1. The number of rotatable bonds is 7. The molecule has 2 fully saturated rings. The van der Waals surface area contributed by atoms with E-state index in [9.17, 15) is 4.79 Å². The number of hydrogen-bond acceptors (Lipinski definition) is 3. The SMILES string of the molecule is CCCC1CCC2CC(OC(=O)c3ccc(OCc4ccccc4)cc3)CCC2C1. The number of esters is 1. The fourth-order valence-corrected chi connectivity index (χ4v) is 5.37. The minimum Gasteiger partial charge on any atom is -0.489 e. The van der Waals surface area contributed by atoms with Crippen molar-refractivity contribution in [3.8, 4) is 5.75 Å². The summed E-state index contributed by atoms with van der Waals surface area (Å²) in [5, 5.41) is 0. The molecule has 0 amide bonds. The van der Waals surface area contributed by atoms with Gasteiger partial charge in [0.1, 0.15) is 18.5 Å². The van der Waals surface area contributed by atoms with Gasteiger partial charge in [0, 0.05) is 0 Å². The maximum absolute atomic E-state index is 12.6. The highest BCUT2D eigenvalue weighted by Crippen LogP contribution is 2.44. The van der Waals surface area contributed by atoms with Gasteiger partial charge in [-0.2, -0.15) is 0 Å². The number of fused-ring (bicyclic) bond motifs is 1. The van der Waals surface area contributed by atoms with Gasteiger partial charge in [-0.15, -0.1) is 0 Å². The molecule has 0 saturated heterocycles. The largest absolute Gasteiger partial charge is 0.489 e. The zero-order valence-corrected chi connectivity index (χ0v) is 18.1. The van der Waals surface area contributed by atoms with Crippen molar-refractivity contribution >= 4 is 5.97 Å². The molecule has 2 aliphatic carbocycles. The molecule has 160 valence electrons. The monoisotopic (exact) mass is 406 g/mol. The van der Waals surface area contributed by atoms with Gasteiger partial charge in [-0.3, -0.25) is 0 Å². The van der Waals surface area contributed by atoms with Crippen molar-refractivity contribution in [1.29, 1.82) is 0 Å². The molecule has 0 N–H and O–H groups in total. The zero-order chi connectivity index (χ0) is 20.8.